The van der Waals surface area contributed by atoms with Gasteiger partial charge in [-0.15, -0.1) is 0 Å². The molecule has 120 valence electrons. The Balaban J connectivity index is 2.25. The lowest BCUT2D eigenvalue weighted by molar-refractivity contribution is 0.481. The average molecular weight is 358 g/mol. The lowest BCUT2D eigenvalue weighted by atomic mass is 10.2. The third-order valence-corrected chi connectivity index (χ3v) is 5.63. The number of anilines is 1. The second-order valence-electron chi connectivity index (χ2n) is 5.17. The molecular weight excluding hydrogens is 338 g/mol. The first kappa shape index (κ1) is 17.5. The van der Waals surface area contributed by atoms with Crippen LogP contribution in [0.3, 0.4) is 0 Å². The highest BCUT2D eigenvalue weighted by molar-refractivity contribution is 8.03. The van der Waals surface area contributed by atoms with Crippen molar-refractivity contribution < 1.29 is 13.0 Å². The van der Waals surface area contributed by atoms with Gasteiger partial charge < -0.3 is 4.90 Å². The van der Waals surface area contributed by atoms with Gasteiger partial charge in [0.2, 0.25) is 0 Å². The molecule has 0 bridgehead atoms. The molecule has 1 aliphatic heterocycles. The SMILES string of the molecule is CCC(=S)C=C1Sc2ccc(C)cc2N1CCCS(=O)(=O)O. The summed E-state index contributed by atoms with van der Waals surface area (Å²) < 4.78 is 30.7. The number of aryl methyl sites for hydroxylation is 1. The third-order valence-electron chi connectivity index (χ3n) is 3.30. The minimum Gasteiger partial charge on any atom is -0.335 e. The zero-order valence-electron chi connectivity index (χ0n) is 12.6. The van der Waals surface area contributed by atoms with Crippen molar-refractivity contribution in [2.45, 2.75) is 31.6 Å². The Bertz CT molecular complexity index is 711. The van der Waals surface area contributed by atoms with E-state index in [4.69, 9.17) is 16.8 Å². The van der Waals surface area contributed by atoms with E-state index < -0.39 is 10.1 Å². The summed E-state index contributed by atoms with van der Waals surface area (Å²) in [6.07, 6.45) is 3.14. The number of hydrogen-bond donors (Lipinski definition) is 1. The van der Waals surface area contributed by atoms with Gasteiger partial charge in [0.05, 0.1) is 16.5 Å². The smallest absolute Gasteiger partial charge is 0.264 e. The van der Waals surface area contributed by atoms with E-state index in [1.807, 2.05) is 19.9 Å². The Morgan fingerprint density at radius 2 is 2.18 bits per heavy atom. The molecule has 1 aromatic rings. The zero-order chi connectivity index (χ0) is 16.3. The van der Waals surface area contributed by atoms with Crippen molar-refractivity contribution in [2.75, 3.05) is 17.2 Å². The minimum atomic E-state index is -3.93. The van der Waals surface area contributed by atoms with E-state index in [0.717, 1.165) is 32.5 Å². The second kappa shape index (κ2) is 7.12. The van der Waals surface area contributed by atoms with E-state index in [2.05, 4.69) is 23.1 Å². The Labute approximate surface area is 141 Å². The number of allylic oxidation sites excluding steroid dienone is 1. The van der Waals surface area contributed by atoms with Gasteiger partial charge in [0.25, 0.3) is 10.1 Å². The highest BCUT2D eigenvalue weighted by Crippen LogP contribution is 2.46. The summed E-state index contributed by atoms with van der Waals surface area (Å²) in [5.74, 6) is -0.235. The molecule has 0 radical (unpaired) electrons. The number of hydrogen-bond acceptors (Lipinski definition) is 5. The summed E-state index contributed by atoms with van der Waals surface area (Å²) >= 11 is 6.94. The van der Waals surface area contributed by atoms with Crippen LogP contribution >= 0.6 is 24.0 Å². The van der Waals surface area contributed by atoms with E-state index in [-0.39, 0.29) is 5.75 Å². The van der Waals surface area contributed by atoms with Crippen molar-refractivity contribution in [1.29, 1.82) is 0 Å². The van der Waals surface area contributed by atoms with Crippen LogP contribution in [0.4, 0.5) is 5.69 Å². The van der Waals surface area contributed by atoms with Gasteiger partial charge in [-0.1, -0.05) is 37.0 Å². The molecule has 0 amide bonds. The van der Waals surface area contributed by atoms with Crippen LogP contribution in [0.1, 0.15) is 25.3 Å². The van der Waals surface area contributed by atoms with Crippen LogP contribution in [0.5, 0.6) is 0 Å². The average Bonchev–Trinajstić information content (AvgIpc) is 2.75. The van der Waals surface area contributed by atoms with E-state index in [1.165, 1.54) is 0 Å². The van der Waals surface area contributed by atoms with Crippen LogP contribution < -0.4 is 4.90 Å². The monoisotopic (exact) mass is 357 g/mol. The topological polar surface area (TPSA) is 57.6 Å². The fourth-order valence-corrected chi connectivity index (χ4v) is 4.01. The summed E-state index contributed by atoms with van der Waals surface area (Å²) in [6.45, 7) is 4.57. The van der Waals surface area contributed by atoms with Gasteiger partial charge >= 0.3 is 0 Å². The zero-order valence-corrected chi connectivity index (χ0v) is 15.0. The van der Waals surface area contributed by atoms with Gasteiger partial charge in [-0.3, -0.25) is 4.55 Å². The number of thiocarbonyl (C=S) groups is 1. The molecule has 1 aromatic carbocycles. The summed E-state index contributed by atoms with van der Waals surface area (Å²) in [4.78, 5) is 4.09. The second-order valence-corrected chi connectivity index (χ2v) is 8.33. The fourth-order valence-electron chi connectivity index (χ4n) is 2.19. The number of rotatable bonds is 6. The van der Waals surface area contributed by atoms with Crippen molar-refractivity contribution in [3.8, 4) is 0 Å². The highest BCUT2D eigenvalue weighted by atomic mass is 32.2. The number of thioether (sulfide) groups is 1. The van der Waals surface area contributed by atoms with E-state index in [9.17, 15) is 8.42 Å². The van der Waals surface area contributed by atoms with Crippen molar-refractivity contribution in [3.63, 3.8) is 0 Å². The van der Waals surface area contributed by atoms with Gasteiger partial charge in [-0.05, 0) is 43.5 Å². The largest absolute Gasteiger partial charge is 0.335 e. The summed E-state index contributed by atoms with van der Waals surface area (Å²) in [5.41, 5.74) is 2.23. The fraction of sp³-hybridized carbons (Fsp3) is 0.400. The van der Waals surface area contributed by atoms with Crippen molar-refractivity contribution in [1.82, 2.24) is 0 Å². The molecule has 2 rings (SSSR count). The molecule has 0 aliphatic carbocycles. The van der Waals surface area contributed by atoms with Gasteiger partial charge in [0.15, 0.2) is 0 Å². The van der Waals surface area contributed by atoms with Crippen LogP contribution in [0.2, 0.25) is 0 Å². The normalized spacial score (nSPS) is 16.1. The molecule has 1 aliphatic rings. The predicted octanol–water partition coefficient (Wildman–Crippen LogP) is 3.81. The van der Waals surface area contributed by atoms with Crippen LogP contribution in [-0.4, -0.2) is 30.1 Å². The van der Waals surface area contributed by atoms with Crippen LogP contribution in [0.25, 0.3) is 0 Å². The van der Waals surface area contributed by atoms with Crippen molar-refractivity contribution in [2.24, 2.45) is 0 Å². The number of nitrogens with zero attached hydrogens (tertiary/aromatic N) is 1. The molecule has 1 heterocycles. The molecule has 1 N–H and O–H groups in total. The van der Waals surface area contributed by atoms with Gasteiger partial charge in [-0.2, -0.15) is 8.42 Å². The maximum absolute atomic E-state index is 10.9. The number of fused-ring (bicyclic) bond motifs is 1. The molecule has 0 saturated heterocycles. The van der Waals surface area contributed by atoms with Crippen molar-refractivity contribution in [3.05, 3.63) is 34.9 Å². The van der Waals surface area contributed by atoms with E-state index >= 15 is 0 Å². The molecule has 0 saturated carbocycles. The summed E-state index contributed by atoms with van der Waals surface area (Å²) in [6, 6.07) is 6.22. The molecule has 0 aromatic heterocycles. The molecule has 0 unspecified atom stereocenters. The Morgan fingerprint density at radius 3 is 2.82 bits per heavy atom. The Hall–Kier alpha value is -0.890. The molecule has 0 spiro atoms. The highest BCUT2D eigenvalue weighted by Gasteiger charge is 2.25. The Kier molecular flexibility index (Phi) is 5.65. The van der Waals surface area contributed by atoms with Gasteiger partial charge in [0.1, 0.15) is 0 Å². The molecule has 4 nitrogen and oxygen atoms in total. The minimum absolute atomic E-state index is 0.235. The van der Waals surface area contributed by atoms with Crippen molar-refractivity contribution >= 4 is 44.6 Å². The Morgan fingerprint density at radius 1 is 1.45 bits per heavy atom. The maximum atomic E-state index is 10.9. The molecule has 22 heavy (non-hydrogen) atoms. The first-order valence-corrected chi connectivity index (χ1v) is 9.89. The van der Waals surface area contributed by atoms with Gasteiger partial charge in [0, 0.05) is 16.3 Å². The van der Waals surface area contributed by atoms with Crippen LogP contribution in [-0.2, 0) is 10.1 Å². The number of benzene rings is 1. The lowest BCUT2D eigenvalue weighted by Crippen LogP contribution is -2.22. The van der Waals surface area contributed by atoms with Crippen LogP contribution in [0.15, 0.2) is 34.2 Å². The van der Waals surface area contributed by atoms with Gasteiger partial charge in [-0.25, -0.2) is 0 Å². The first-order valence-electron chi connectivity index (χ1n) is 7.06. The van der Waals surface area contributed by atoms with E-state index in [0.29, 0.717) is 13.0 Å². The predicted molar refractivity (Wildman–Crippen MR) is 96.4 cm³/mol. The quantitative estimate of drug-likeness (QED) is 0.475. The molecular formula is C15H19NO3S3. The maximum Gasteiger partial charge on any atom is 0.264 e. The molecule has 0 atom stereocenters. The molecule has 0 fully saturated rings. The van der Waals surface area contributed by atoms with Crippen LogP contribution in [0, 0.1) is 6.92 Å². The first-order chi connectivity index (χ1) is 10.3. The summed E-state index contributed by atoms with van der Waals surface area (Å²) in [5, 5.41) is 1.02. The van der Waals surface area contributed by atoms with E-state index in [1.54, 1.807) is 11.8 Å². The summed E-state index contributed by atoms with van der Waals surface area (Å²) in [7, 11) is -3.93. The standard InChI is InChI=1S/C15H19NO3S3/c1-3-12(20)10-15-16(7-4-8-22(17,18)19)13-9-11(2)5-6-14(13)21-15/h5-6,9-10H,3-4,7-8H2,1-2H3,(H,17,18,19). The third kappa shape index (κ3) is 4.55. The molecule has 7 heteroatoms. The lowest BCUT2D eigenvalue weighted by Gasteiger charge is -2.20.